The van der Waals surface area contributed by atoms with Gasteiger partial charge in [0.05, 0.1) is 19.8 Å². The van der Waals surface area contributed by atoms with E-state index in [-0.39, 0.29) is 19.2 Å². The maximum atomic E-state index is 12.8. The minimum Gasteiger partial charge on any atom is -0.457 e. The monoisotopic (exact) mass is 849 g/mol. The summed E-state index contributed by atoms with van der Waals surface area (Å²) in [7, 11) is 0. The maximum Gasteiger partial charge on any atom is 0.306 e. The van der Waals surface area contributed by atoms with E-state index in [0.29, 0.717) is 13.0 Å². The molecule has 0 aromatic rings. The van der Waals surface area contributed by atoms with Gasteiger partial charge in [-0.3, -0.25) is 4.79 Å². The highest BCUT2D eigenvalue weighted by Gasteiger charge is 2.44. The molecular weight excluding hydrogens is 757 g/mol. The zero-order chi connectivity index (χ0) is 43.6. The van der Waals surface area contributed by atoms with Gasteiger partial charge in [0.1, 0.15) is 30.5 Å². The minimum atomic E-state index is -1.54. The minimum absolute atomic E-state index is 0.113. The van der Waals surface area contributed by atoms with Gasteiger partial charge >= 0.3 is 5.97 Å². The van der Waals surface area contributed by atoms with Gasteiger partial charge in [0, 0.05) is 13.0 Å². The molecule has 0 spiro atoms. The molecule has 4 N–H and O–H groups in total. The van der Waals surface area contributed by atoms with Gasteiger partial charge in [0.2, 0.25) is 0 Å². The molecule has 0 aromatic heterocycles. The first-order chi connectivity index (χ1) is 29.4. The van der Waals surface area contributed by atoms with Crippen LogP contribution in [0.15, 0.2) is 48.6 Å². The highest BCUT2D eigenvalue weighted by molar-refractivity contribution is 5.69. The van der Waals surface area contributed by atoms with Crippen molar-refractivity contribution in [1.29, 1.82) is 0 Å². The number of aliphatic hydroxyl groups excluding tert-OH is 4. The molecule has 0 saturated carbocycles. The van der Waals surface area contributed by atoms with Crippen molar-refractivity contribution in [1.82, 2.24) is 0 Å². The van der Waals surface area contributed by atoms with Crippen molar-refractivity contribution in [3.63, 3.8) is 0 Å². The summed E-state index contributed by atoms with van der Waals surface area (Å²) in [5.41, 5.74) is 0. The number of carbonyl (C=O) groups is 1. The number of carbonyl (C=O) groups excluding carboxylic acids is 1. The fraction of sp³-hybridized carbons (Fsp3) is 0.824. The Morgan fingerprint density at radius 1 is 0.550 bits per heavy atom. The van der Waals surface area contributed by atoms with E-state index in [1.165, 1.54) is 128 Å². The molecule has 1 saturated heterocycles. The van der Waals surface area contributed by atoms with E-state index in [9.17, 15) is 25.2 Å². The average molecular weight is 849 g/mol. The lowest BCUT2D eigenvalue weighted by Gasteiger charge is -2.39. The van der Waals surface area contributed by atoms with Crippen LogP contribution in [-0.4, -0.2) is 89.6 Å². The third-order valence-electron chi connectivity index (χ3n) is 11.3. The van der Waals surface area contributed by atoms with Crippen LogP contribution in [0.2, 0.25) is 0 Å². The van der Waals surface area contributed by atoms with Crippen LogP contribution in [0.25, 0.3) is 0 Å². The van der Waals surface area contributed by atoms with Gasteiger partial charge in [-0.1, -0.05) is 197 Å². The molecule has 0 aliphatic carbocycles. The molecule has 0 radical (unpaired) electrons. The fourth-order valence-electron chi connectivity index (χ4n) is 7.43. The summed E-state index contributed by atoms with van der Waals surface area (Å²) in [4.78, 5) is 12.8. The molecule has 1 fully saturated rings. The largest absolute Gasteiger partial charge is 0.457 e. The summed E-state index contributed by atoms with van der Waals surface area (Å²) >= 11 is 0. The number of allylic oxidation sites excluding steroid dienone is 8. The molecule has 0 amide bonds. The van der Waals surface area contributed by atoms with Crippen molar-refractivity contribution < 1.29 is 44.2 Å². The molecule has 0 aromatic carbocycles. The Morgan fingerprint density at radius 3 is 1.53 bits per heavy atom. The predicted molar refractivity (Wildman–Crippen MR) is 247 cm³/mol. The summed E-state index contributed by atoms with van der Waals surface area (Å²) in [5.74, 6) is -0.317. The molecule has 9 nitrogen and oxygen atoms in total. The van der Waals surface area contributed by atoms with Crippen molar-refractivity contribution in [2.75, 3.05) is 26.4 Å². The Labute approximate surface area is 367 Å². The van der Waals surface area contributed by atoms with E-state index in [1.807, 2.05) is 0 Å². The summed E-state index contributed by atoms with van der Waals surface area (Å²) in [6.07, 6.45) is 45.6. The molecule has 6 atom stereocenters. The van der Waals surface area contributed by atoms with Gasteiger partial charge in [0.25, 0.3) is 0 Å². The summed E-state index contributed by atoms with van der Waals surface area (Å²) in [6, 6.07) is 0. The normalized spacial score (nSPS) is 20.4. The fourth-order valence-corrected chi connectivity index (χ4v) is 7.43. The number of esters is 1. The third-order valence-corrected chi connectivity index (χ3v) is 11.3. The SMILES string of the molecule is CC/C=C\C/C=C\C/C=C\C/C=C\CCCCCCCCCCCCC(=O)OC(COCCCCCCCCCCCCCCCC)COC1OC(CO)C(O)C(O)C1O. The van der Waals surface area contributed by atoms with Crippen LogP contribution in [-0.2, 0) is 23.7 Å². The molecule has 1 heterocycles. The molecule has 6 unspecified atom stereocenters. The van der Waals surface area contributed by atoms with Crippen LogP contribution in [0.5, 0.6) is 0 Å². The highest BCUT2D eigenvalue weighted by atomic mass is 16.7. The Bertz CT molecular complexity index is 1060. The van der Waals surface area contributed by atoms with Gasteiger partial charge in [-0.15, -0.1) is 0 Å². The second-order valence-corrected chi connectivity index (χ2v) is 16.9. The van der Waals surface area contributed by atoms with Crippen molar-refractivity contribution in [3.05, 3.63) is 48.6 Å². The first-order valence-electron chi connectivity index (χ1n) is 24.7. The van der Waals surface area contributed by atoms with Gasteiger partial charge in [-0.05, 0) is 51.4 Å². The molecule has 1 aliphatic rings. The van der Waals surface area contributed by atoms with Crippen LogP contribution in [0.1, 0.15) is 206 Å². The van der Waals surface area contributed by atoms with Gasteiger partial charge in [-0.25, -0.2) is 0 Å². The number of hydrogen-bond acceptors (Lipinski definition) is 9. The summed E-state index contributed by atoms with van der Waals surface area (Å²) in [5, 5.41) is 40.2. The van der Waals surface area contributed by atoms with Crippen LogP contribution in [0, 0.1) is 0 Å². The quantitative estimate of drug-likeness (QED) is 0.0269. The summed E-state index contributed by atoms with van der Waals surface area (Å²) < 4.78 is 22.9. The standard InChI is InChI=1S/C51H92O9/c1-3-5-7-9-11-13-15-17-19-20-21-22-23-24-25-26-27-28-30-32-34-36-38-40-47(53)59-45(44-58-51-50(56)49(55)48(54)46(42-52)60-51)43-57-41-39-37-35-33-31-29-18-16-14-12-10-8-6-4-2/h5,7,11,13,17,19,21-22,45-46,48-52,54-56H,3-4,6,8-10,12,14-16,18,20,23-44H2,1-2H3/b7-5-,13-11-,19-17-,22-21-. The number of aliphatic hydroxyl groups is 4. The summed E-state index contributed by atoms with van der Waals surface area (Å²) in [6.45, 7) is 4.46. The van der Waals surface area contributed by atoms with Gasteiger partial charge in [0.15, 0.2) is 6.29 Å². The van der Waals surface area contributed by atoms with Crippen molar-refractivity contribution in [3.8, 4) is 0 Å². The van der Waals surface area contributed by atoms with Gasteiger partial charge < -0.3 is 39.4 Å². The maximum absolute atomic E-state index is 12.8. The average Bonchev–Trinajstić information content (AvgIpc) is 3.25. The zero-order valence-electron chi connectivity index (χ0n) is 38.5. The molecule has 0 bridgehead atoms. The van der Waals surface area contributed by atoms with Crippen LogP contribution >= 0.6 is 0 Å². The van der Waals surface area contributed by atoms with E-state index < -0.39 is 43.4 Å². The van der Waals surface area contributed by atoms with E-state index in [4.69, 9.17) is 18.9 Å². The number of ether oxygens (including phenoxy) is 4. The molecule has 60 heavy (non-hydrogen) atoms. The third kappa shape index (κ3) is 32.8. The molecular formula is C51H92O9. The zero-order valence-corrected chi connectivity index (χ0v) is 38.5. The number of rotatable bonds is 42. The predicted octanol–water partition coefficient (Wildman–Crippen LogP) is 11.7. The van der Waals surface area contributed by atoms with E-state index >= 15 is 0 Å². The van der Waals surface area contributed by atoms with Crippen molar-refractivity contribution >= 4 is 5.97 Å². The smallest absolute Gasteiger partial charge is 0.306 e. The molecule has 9 heteroatoms. The second-order valence-electron chi connectivity index (χ2n) is 16.9. The lowest BCUT2D eigenvalue weighted by Crippen LogP contribution is -2.59. The molecule has 1 rings (SSSR count). The van der Waals surface area contributed by atoms with Crippen LogP contribution < -0.4 is 0 Å². The van der Waals surface area contributed by atoms with Gasteiger partial charge in [-0.2, -0.15) is 0 Å². The second kappa shape index (κ2) is 42.5. The highest BCUT2D eigenvalue weighted by Crippen LogP contribution is 2.23. The lowest BCUT2D eigenvalue weighted by molar-refractivity contribution is -0.305. The topological polar surface area (TPSA) is 135 Å². The first kappa shape index (κ1) is 56.2. The Kier molecular flexibility index (Phi) is 39.7. The Morgan fingerprint density at radius 2 is 1.02 bits per heavy atom. The number of hydrogen-bond donors (Lipinski definition) is 4. The van der Waals surface area contributed by atoms with E-state index in [2.05, 4.69) is 62.5 Å². The molecule has 350 valence electrons. The van der Waals surface area contributed by atoms with E-state index in [1.54, 1.807) is 0 Å². The Hall–Kier alpha value is -1.85. The first-order valence-corrected chi connectivity index (χ1v) is 24.7. The number of unbranched alkanes of at least 4 members (excludes halogenated alkanes) is 23. The molecule has 1 aliphatic heterocycles. The van der Waals surface area contributed by atoms with Crippen molar-refractivity contribution in [2.45, 2.75) is 243 Å². The Balaban J connectivity index is 2.20. The van der Waals surface area contributed by atoms with Crippen molar-refractivity contribution in [2.24, 2.45) is 0 Å². The van der Waals surface area contributed by atoms with Crippen LogP contribution in [0.4, 0.5) is 0 Å². The lowest BCUT2D eigenvalue weighted by atomic mass is 9.99. The van der Waals surface area contributed by atoms with Crippen LogP contribution in [0.3, 0.4) is 0 Å². The van der Waals surface area contributed by atoms with E-state index in [0.717, 1.165) is 57.8 Å².